The quantitative estimate of drug-likeness (QED) is 0.642. The molecule has 0 aliphatic carbocycles. The van der Waals surface area contributed by atoms with Crippen LogP contribution in [0.25, 0.3) is 10.8 Å². The summed E-state index contributed by atoms with van der Waals surface area (Å²) in [6.07, 6.45) is 2.25. The molecule has 0 unspecified atom stereocenters. The molecule has 1 saturated heterocycles. The number of ketones is 1. The summed E-state index contributed by atoms with van der Waals surface area (Å²) in [5.41, 5.74) is 0.731. The molecule has 0 radical (unpaired) electrons. The Kier molecular flexibility index (Phi) is 5.84. The molecule has 31 heavy (non-hydrogen) atoms. The third-order valence-corrected chi connectivity index (χ3v) is 5.65. The zero-order valence-corrected chi connectivity index (χ0v) is 17.8. The molecule has 3 aromatic rings. The molecule has 0 saturated carbocycles. The number of hydrogen-bond donors (Lipinski definition) is 1. The van der Waals surface area contributed by atoms with E-state index in [0.717, 1.165) is 30.7 Å². The summed E-state index contributed by atoms with van der Waals surface area (Å²) in [7, 11) is 0. The number of anilines is 2. The fraction of sp³-hybridized carbons (Fsp3) is 0.333. The average Bonchev–Trinajstić information content (AvgIpc) is 2.76. The number of benzene rings is 2. The van der Waals surface area contributed by atoms with Gasteiger partial charge in [-0.25, -0.2) is 4.68 Å². The molecule has 4 rings (SSSR count). The fourth-order valence-corrected chi connectivity index (χ4v) is 4.09. The zero-order chi connectivity index (χ0) is 22.0. The van der Waals surface area contributed by atoms with Gasteiger partial charge in [-0.2, -0.15) is 5.10 Å². The summed E-state index contributed by atoms with van der Waals surface area (Å²) in [4.78, 5) is 39.5. The first kappa shape index (κ1) is 20.8. The van der Waals surface area contributed by atoms with Crippen LogP contribution in [0.5, 0.6) is 0 Å². The van der Waals surface area contributed by atoms with Gasteiger partial charge in [0.15, 0.2) is 11.6 Å². The Morgan fingerprint density at radius 1 is 1.13 bits per heavy atom. The lowest BCUT2D eigenvalue weighted by Crippen LogP contribution is -2.38. The number of piperidine rings is 1. The standard InChI is InChI=1S/C24H26N4O3/c1-16-7-6-12-27(14-16)23-20-10-3-4-11-21(20)24(31)28(26-23)15-22(30)25-19-9-5-8-18(13-19)17(2)29/h3-5,8-11,13,16H,6-7,12,14-15H2,1-2H3,(H,25,30)/t16-/m1/s1. The van der Waals surface area contributed by atoms with Crippen LogP contribution in [0, 0.1) is 5.92 Å². The molecule has 0 spiro atoms. The van der Waals surface area contributed by atoms with Crippen LogP contribution in [0.4, 0.5) is 11.5 Å². The monoisotopic (exact) mass is 418 g/mol. The van der Waals surface area contributed by atoms with Crippen LogP contribution in [-0.2, 0) is 11.3 Å². The predicted molar refractivity (Wildman–Crippen MR) is 122 cm³/mol. The number of Topliss-reactive ketones (excluding diaryl/α,β-unsaturated/α-hetero) is 1. The highest BCUT2D eigenvalue weighted by Gasteiger charge is 2.22. The van der Waals surface area contributed by atoms with E-state index in [0.29, 0.717) is 22.6 Å². The number of nitrogens with one attached hydrogen (secondary N) is 1. The summed E-state index contributed by atoms with van der Waals surface area (Å²) in [6, 6.07) is 14.2. The molecule has 1 aliphatic heterocycles. The first-order valence-electron chi connectivity index (χ1n) is 10.6. The molecular weight excluding hydrogens is 392 g/mol. The lowest BCUT2D eigenvalue weighted by atomic mass is 10.00. The third kappa shape index (κ3) is 4.50. The molecule has 1 aliphatic rings. The Morgan fingerprint density at radius 2 is 1.90 bits per heavy atom. The minimum atomic E-state index is -0.372. The summed E-state index contributed by atoms with van der Waals surface area (Å²) in [5.74, 6) is 0.840. The highest BCUT2D eigenvalue weighted by molar-refractivity contribution is 5.97. The van der Waals surface area contributed by atoms with Crippen molar-refractivity contribution in [2.75, 3.05) is 23.3 Å². The van der Waals surface area contributed by atoms with Gasteiger partial charge >= 0.3 is 0 Å². The number of fused-ring (bicyclic) bond motifs is 1. The Bertz CT molecular complexity index is 1200. The fourth-order valence-electron chi connectivity index (χ4n) is 4.09. The average molecular weight is 418 g/mol. The minimum Gasteiger partial charge on any atom is -0.354 e. The molecule has 160 valence electrons. The van der Waals surface area contributed by atoms with Gasteiger partial charge in [0.2, 0.25) is 5.91 Å². The number of amides is 1. The maximum absolute atomic E-state index is 13.0. The van der Waals surface area contributed by atoms with E-state index < -0.39 is 0 Å². The van der Waals surface area contributed by atoms with Crippen LogP contribution >= 0.6 is 0 Å². The second kappa shape index (κ2) is 8.71. The van der Waals surface area contributed by atoms with E-state index in [1.54, 1.807) is 30.3 Å². The van der Waals surface area contributed by atoms with E-state index in [1.807, 2.05) is 18.2 Å². The summed E-state index contributed by atoms with van der Waals surface area (Å²) in [6.45, 7) is 5.24. The highest BCUT2D eigenvalue weighted by Crippen LogP contribution is 2.26. The number of carbonyl (C=O) groups excluding carboxylic acids is 2. The van der Waals surface area contributed by atoms with Crippen LogP contribution in [0.3, 0.4) is 0 Å². The van der Waals surface area contributed by atoms with Crippen molar-refractivity contribution in [1.82, 2.24) is 9.78 Å². The lowest BCUT2D eigenvalue weighted by Gasteiger charge is -2.32. The molecule has 1 N–H and O–H groups in total. The molecule has 1 aromatic heterocycles. The van der Waals surface area contributed by atoms with Gasteiger partial charge in [0, 0.05) is 29.7 Å². The van der Waals surface area contributed by atoms with Gasteiger partial charge in [0.05, 0.1) is 5.39 Å². The van der Waals surface area contributed by atoms with Crippen molar-refractivity contribution in [2.45, 2.75) is 33.2 Å². The molecule has 0 bridgehead atoms. The number of carbonyl (C=O) groups is 2. The molecule has 2 aromatic carbocycles. The summed E-state index contributed by atoms with van der Waals surface area (Å²) < 4.78 is 1.24. The van der Waals surface area contributed by atoms with Crippen molar-refractivity contribution in [1.29, 1.82) is 0 Å². The van der Waals surface area contributed by atoms with E-state index in [2.05, 4.69) is 22.2 Å². The first-order chi connectivity index (χ1) is 14.9. The van der Waals surface area contributed by atoms with Crippen molar-refractivity contribution >= 4 is 34.0 Å². The summed E-state index contributed by atoms with van der Waals surface area (Å²) >= 11 is 0. The molecule has 1 atom stereocenters. The van der Waals surface area contributed by atoms with Gasteiger partial charge in [-0.3, -0.25) is 14.4 Å². The molecule has 2 heterocycles. The normalized spacial score (nSPS) is 16.3. The molecular formula is C24H26N4O3. The van der Waals surface area contributed by atoms with E-state index in [1.165, 1.54) is 18.0 Å². The minimum absolute atomic E-state index is 0.0797. The van der Waals surface area contributed by atoms with Crippen LogP contribution < -0.4 is 15.8 Å². The molecule has 7 heteroatoms. The lowest BCUT2D eigenvalue weighted by molar-refractivity contribution is -0.117. The smallest absolute Gasteiger partial charge is 0.275 e. The SMILES string of the molecule is CC(=O)c1cccc(NC(=O)Cn2nc(N3CCC[C@@H](C)C3)c3ccccc3c2=O)c1. The van der Waals surface area contributed by atoms with Crippen LogP contribution in [-0.4, -0.2) is 34.6 Å². The van der Waals surface area contributed by atoms with E-state index in [4.69, 9.17) is 0 Å². The van der Waals surface area contributed by atoms with Crippen LogP contribution in [0.1, 0.15) is 37.0 Å². The molecule has 1 fully saturated rings. The van der Waals surface area contributed by atoms with Gasteiger partial charge < -0.3 is 10.2 Å². The Hall–Kier alpha value is -3.48. The van der Waals surface area contributed by atoms with Crippen molar-refractivity contribution in [3.63, 3.8) is 0 Å². The third-order valence-electron chi connectivity index (χ3n) is 5.65. The second-order valence-electron chi connectivity index (χ2n) is 8.21. The van der Waals surface area contributed by atoms with Gasteiger partial charge in [-0.1, -0.05) is 37.3 Å². The first-order valence-corrected chi connectivity index (χ1v) is 10.6. The van der Waals surface area contributed by atoms with Gasteiger partial charge in [0.1, 0.15) is 6.54 Å². The molecule has 1 amide bonds. The maximum Gasteiger partial charge on any atom is 0.275 e. The van der Waals surface area contributed by atoms with Gasteiger partial charge in [-0.15, -0.1) is 0 Å². The number of rotatable bonds is 5. The van der Waals surface area contributed by atoms with E-state index >= 15 is 0 Å². The number of hydrogen-bond acceptors (Lipinski definition) is 5. The Morgan fingerprint density at radius 3 is 2.65 bits per heavy atom. The van der Waals surface area contributed by atoms with E-state index in [-0.39, 0.29) is 23.8 Å². The van der Waals surface area contributed by atoms with Gasteiger partial charge in [0.25, 0.3) is 5.56 Å². The summed E-state index contributed by atoms with van der Waals surface area (Å²) in [5, 5.41) is 8.73. The maximum atomic E-state index is 13.0. The largest absolute Gasteiger partial charge is 0.354 e. The van der Waals surface area contributed by atoms with Crippen molar-refractivity contribution in [3.05, 3.63) is 64.4 Å². The predicted octanol–water partition coefficient (Wildman–Crippen LogP) is 3.47. The zero-order valence-electron chi connectivity index (χ0n) is 17.8. The number of nitrogens with zero attached hydrogens (tertiary/aromatic N) is 3. The second-order valence-corrected chi connectivity index (χ2v) is 8.21. The highest BCUT2D eigenvalue weighted by atomic mass is 16.2. The van der Waals surface area contributed by atoms with Crippen LogP contribution in [0.15, 0.2) is 53.3 Å². The van der Waals surface area contributed by atoms with Crippen molar-refractivity contribution in [2.24, 2.45) is 5.92 Å². The van der Waals surface area contributed by atoms with Gasteiger partial charge in [-0.05, 0) is 43.9 Å². The van der Waals surface area contributed by atoms with Crippen molar-refractivity contribution in [3.8, 4) is 0 Å². The Labute approximate surface area is 180 Å². The topological polar surface area (TPSA) is 84.3 Å². The van der Waals surface area contributed by atoms with Crippen molar-refractivity contribution < 1.29 is 9.59 Å². The molecule has 7 nitrogen and oxygen atoms in total. The Balaban J connectivity index is 1.65. The number of aromatic nitrogens is 2. The van der Waals surface area contributed by atoms with Crippen LogP contribution in [0.2, 0.25) is 0 Å². The van der Waals surface area contributed by atoms with E-state index in [9.17, 15) is 14.4 Å².